The van der Waals surface area contributed by atoms with Gasteiger partial charge in [0.25, 0.3) is 0 Å². The summed E-state index contributed by atoms with van der Waals surface area (Å²) in [7, 11) is 1.40. The summed E-state index contributed by atoms with van der Waals surface area (Å²) >= 11 is 0. The Balaban J connectivity index is 0.00000218. The van der Waals surface area contributed by atoms with Crippen LogP contribution in [-0.4, -0.2) is 31.1 Å². The normalized spacial score (nSPS) is 10.0. The van der Waals surface area contributed by atoms with E-state index in [-0.39, 0.29) is 18.2 Å². The maximum atomic E-state index is 13.6. The van der Waals surface area contributed by atoms with E-state index in [0.717, 1.165) is 0 Å². The van der Waals surface area contributed by atoms with Crippen LogP contribution in [0.2, 0.25) is 0 Å². The quantitative estimate of drug-likeness (QED) is 0.655. The topological polar surface area (TPSA) is 90.3 Å². The van der Waals surface area contributed by atoms with Crippen LogP contribution in [0.5, 0.6) is 5.75 Å². The summed E-state index contributed by atoms with van der Waals surface area (Å²) in [5, 5.41) is 14.4. The van der Waals surface area contributed by atoms with E-state index < -0.39 is 5.82 Å². The van der Waals surface area contributed by atoms with Crippen LogP contribution in [0.4, 0.5) is 10.2 Å². The Bertz CT molecular complexity index is 863. The number of rotatable bonds is 9. The minimum atomic E-state index is -0.440. The number of hydrogen-bond donors (Lipinski definition) is 2. The van der Waals surface area contributed by atoms with E-state index in [1.54, 1.807) is 30.5 Å². The van der Waals surface area contributed by atoms with Crippen molar-refractivity contribution in [2.24, 2.45) is 0 Å². The molecule has 0 unspecified atom stereocenters. The van der Waals surface area contributed by atoms with Crippen LogP contribution in [0, 0.1) is 17.1 Å². The molecule has 0 bridgehead atoms. The van der Waals surface area contributed by atoms with Gasteiger partial charge in [0.05, 0.1) is 19.2 Å². The monoisotopic (exact) mass is 413 g/mol. The molecule has 0 radical (unpaired) electrons. The average Bonchev–Trinajstić information content (AvgIpc) is 2.78. The number of aromatic nitrogens is 1. The van der Waals surface area contributed by atoms with E-state index in [2.05, 4.69) is 15.6 Å². The number of para-hydroxylation sites is 1. The van der Waals surface area contributed by atoms with E-state index in [4.69, 9.17) is 10.00 Å². The second kappa shape index (κ2) is 13.7. The molecular formula is C22H28FN5O2. The predicted molar refractivity (Wildman–Crippen MR) is 115 cm³/mol. The summed E-state index contributed by atoms with van der Waals surface area (Å²) in [6, 6.07) is 10.1. The minimum Gasteiger partial charge on any atom is -0.493 e. The van der Waals surface area contributed by atoms with Crippen LogP contribution >= 0.6 is 0 Å². The highest BCUT2D eigenvalue weighted by Gasteiger charge is 2.08. The molecule has 0 aliphatic carbocycles. The molecule has 0 aliphatic heterocycles. The Labute approximate surface area is 177 Å². The Hall–Kier alpha value is -3.44. The number of methoxy groups -OCH3 is 1. The summed E-state index contributed by atoms with van der Waals surface area (Å²) in [5.41, 5.74) is 1.12. The molecule has 1 amide bonds. The van der Waals surface area contributed by atoms with Crippen molar-refractivity contribution >= 4 is 11.7 Å². The lowest BCUT2D eigenvalue weighted by atomic mass is 10.2. The number of amides is 1. The van der Waals surface area contributed by atoms with Gasteiger partial charge in [-0.3, -0.25) is 4.79 Å². The molecule has 0 spiro atoms. The van der Waals surface area contributed by atoms with Gasteiger partial charge in [0.15, 0.2) is 11.6 Å². The van der Waals surface area contributed by atoms with E-state index in [0.29, 0.717) is 30.0 Å². The summed E-state index contributed by atoms with van der Waals surface area (Å²) in [6.07, 6.45) is 4.72. The van der Waals surface area contributed by atoms with Crippen molar-refractivity contribution in [1.82, 2.24) is 15.6 Å². The molecule has 0 aliphatic rings. The number of carbonyl (C=O) groups excluding carboxylic acids is 1. The third kappa shape index (κ3) is 7.53. The zero-order chi connectivity index (χ0) is 22.4. The van der Waals surface area contributed by atoms with Gasteiger partial charge in [0.2, 0.25) is 5.91 Å². The van der Waals surface area contributed by atoms with Crippen LogP contribution < -0.4 is 20.3 Å². The third-order valence-electron chi connectivity index (χ3n) is 3.86. The lowest BCUT2D eigenvalue weighted by molar-refractivity contribution is -0.119. The third-order valence-corrected chi connectivity index (χ3v) is 3.86. The van der Waals surface area contributed by atoms with Gasteiger partial charge in [-0.25, -0.2) is 9.37 Å². The average molecular weight is 413 g/mol. The van der Waals surface area contributed by atoms with Crippen molar-refractivity contribution in [1.29, 1.82) is 5.26 Å². The first-order valence-electron chi connectivity index (χ1n) is 9.70. The van der Waals surface area contributed by atoms with Gasteiger partial charge in [-0.15, -0.1) is 0 Å². The van der Waals surface area contributed by atoms with E-state index in [1.807, 2.05) is 31.7 Å². The molecule has 2 N–H and O–H groups in total. The number of ether oxygens (including phenoxy) is 1. The fourth-order valence-electron chi connectivity index (χ4n) is 2.47. The SMILES string of the molecule is CC.CCN(/C=C/NC(=O)CNCc1cccc(F)c1OC)c1ccc(C#N)cn1. The minimum absolute atomic E-state index is 0.0608. The maximum Gasteiger partial charge on any atom is 0.237 e. The number of nitrogens with one attached hydrogen (secondary N) is 2. The Morgan fingerprint density at radius 3 is 2.70 bits per heavy atom. The van der Waals surface area contributed by atoms with Gasteiger partial charge < -0.3 is 20.3 Å². The number of benzene rings is 1. The van der Waals surface area contributed by atoms with Crippen LogP contribution in [0.25, 0.3) is 0 Å². The zero-order valence-electron chi connectivity index (χ0n) is 17.8. The lowest BCUT2D eigenvalue weighted by Crippen LogP contribution is -2.31. The molecule has 1 aromatic carbocycles. The van der Waals surface area contributed by atoms with Crippen molar-refractivity contribution in [3.05, 3.63) is 65.9 Å². The first kappa shape index (κ1) is 24.6. The van der Waals surface area contributed by atoms with Crippen LogP contribution in [0.3, 0.4) is 0 Å². The number of carbonyl (C=O) groups is 1. The smallest absolute Gasteiger partial charge is 0.237 e. The number of nitrogens with zero attached hydrogens (tertiary/aromatic N) is 3. The summed E-state index contributed by atoms with van der Waals surface area (Å²) in [5.74, 6) is 0.160. The molecule has 1 heterocycles. The van der Waals surface area contributed by atoms with Crippen molar-refractivity contribution < 1.29 is 13.9 Å². The molecule has 160 valence electrons. The Morgan fingerprint density at radius 2 is 2.10 bits per heavy atom. The maximum absolute atomic E-state index is 13.6. The highest BCUT2D eigenvalue weighted by Crippen LogP contribution is 2.21. The van der Waals surface area contributed by atoms with Crippen molar-refractivity contribution in [2.45, 2.75) is 27.3 Å². The zero-order valence-corrected chi connectivity index (χ0v) is 17.8. The number of halogens is 1. The van der Waals surface area contributed by atoms with Crippen LogP contribution in [-0.2, 0) is 11.3 Å². The predicted octanol–water partition coefficient (Wildman–Crippen LogP) is 3.33. The fourth-order valence-corrected chi connectivity index (χ4v) is 2.47. The van der Waals surface area contributed by atoms with Crippen molar-refractivity contribution in [2.75, 3.05) is 25.1 Å². The first-order chi connectivity index (χ1) is 14.6. The molecule has 0 fully saturated rings. The molecule has 0 saturated carbocycles. The van der Waals surface area contributed by atoms with Crippen molar-refractivity contribution in [3.8, 4) is 11.8 Å². The molecule has 8 heteroatoms. The first-order valence-corrected chi connectivity index (χ1v) is 9.70. The van der Waals surface area contributed by atoms with Gasteiger partial charge in [-0.05, 0) is 25.1 Å². The standard InChI is InChI=1S/C20H22FN5O2.C2H6/c1-3-26(18-8-7-15(11-22)12-25-18)10-9-24-19(27)14-23-13-16-5-4-6-17(21)20(16)28-2;1-2/h4-10,12,23H,3,13-14H2,1-2H3,(H,24,27);1-2H3/b10-9+;. The number of anilines is 1. The van der Waals surface area contributed by atoms with Crippen molar-refractivity contribution in [3.63, 3.8) is 0 Å². The van der Waals surface area contributed by atoms with Crippen LogP contribution in [0.15, 0.2) is 48.9 Å². The van der Waals surface area contributed by atoms with E-state index in [9.17, 15) is 9.18 Å². The van der Waals surface area contributed by atoms with E-state index >= 15 is 0 Å². The molecule has 1 aromatic heterocycles. The highest BCUT2D eigenvalue weighted by molar-refractivity contribution is 5.79. The summed E-state index contributed by atoms with van der Waals surface area (Å²) < 4.78 is 18.7. The van der Waals surface area contributed by atoms with Gasteiger partial charge in [0.1, 0.15) is 11.9 Å². The van der Waals surface area contributed by atoms with Crippen LogP contribution in [0.1, 0.15) is 31.9 Å². The summed E-state index contributed by atoms with van der Waals surface area (Å²) in [6.45, 7) is 6.95. The Kier molecular flexibility index (Phi) is 11.2. The molecule has 30 heavy (non-hydrogen) atoms. The Morgan fingerprint density at radius 1 is 1.33 bits per heavy atom. The molecule has 0 atom stereocenters. The largest absolute Gasteiger partial charge is 0.493 e. The fraction of sp³-hybridized carbons (Fsp3) is 0.318. The molecule has 7 nitrogen and oxygen atoms in total. The molecular weight excluding hydrogens is 385 g/mol. The second-order valence-electron chi connectivity index (χ2n) is 5.72. The second-order valence-corrected chi connectivity index (χ2v) is 5.72. The van der Waals surface area contributed by atoms with Gasteiger partial charge in [-0.1, -0.05) is 26.0 Å². The van der Waals surface area contributed by atoms with Gasteiger partial charge in [0, 0.05) is 37.2 Å². The number of nitriles is 1. The number of pyridine rings is 1. The highest BCUT2D eigenvalue weighted by atomic mass is 19.1. The molecule has 2 aromatic rings. The van der Waals surface area contributed by atoms with Gasteiger partial charge in [-0.2, -0.15) is 5.26 Å². The van der Waals surface area contributed by atoms with Gasteiger partial charge >= 0.3 is 0 Å². The molecule has 0 saturated heterocycles. The molecule has 2 rings (SSSR count). The van der Waals surface area contributed by atoms with E-state index in [1.165, 1.54) is 25.6 Å². The summed E-state index contributed by atoms with van der Waals surface area (Å²) in [4.78, 5) is 18.0. The number of hydrogen-bond acceptors (Lipinski definition) is 6. The lowest BCUT2D eigenvalue weighted by Gasteiger charge is -2.16.